The highest BCUT2D eigenvalue weighted by molar-refractivity contribution is 7.92. The van der Waals surface area contributed by atoms with Crippen LogP contribution in [0, 0.1) is 17.3 Å². The minimum atomic E-state index is -4.34. The number of anilines is 1. The van der Waals surface area contributed by atoms with E-state index < -0.39 is 33.1 Å². The molecule has 0 atom stereocenters. The maximum atomic E-state index is 14.5. The Balaban J connectivity index is 1.29. The molecule has 15 nitrogen and oxygen atoms in total. The number of nitrogens with zero attached hydrogens (tertiary/aromatic N) is 2. The van der Waals surface area contributed by atoms with Crippen LogP contribution < -0.4 is 25.7 Å². The Morgan fingerprint density at radius 2 is 1.59 bits per heavy atom. The average Bonchev–Trinajstić information content (AvgIpc) is 3.09. The molecule has 0 spiro atoms. The monoisotopic (exact) mass is 703 g/mol. The van der Waals surface area contributed by atoms with Crippen LogP contribution in [0.3, 0.4) is 0 Å². The Hall–Kier alpha value is -4.54. The van der Waals surface area contributed by atoms with Crippen molar-refractivity contribution in [2.45, 2.75) is 37.0 Å². The fraction of sp³-hybridized carbons (Fsp3) is 0.469. The van der Waals surface area contributed by atoms with Gasteiger partial charge in [0.05, 0.1) is 55.6 Å². The first-order valence-corrected chi connectivity index (χ1v) is 17.4. The Morgan fingerprint density at radius 3 is 2.29 bits per heavy atom. The Morgan fingerprint density at radius 1 is 0.918 bits per heavy atom. The number of hydrogen-bond donors (Lipinski definition) is 4. The van der Waals surface area contributed by atoms with Gasteiger partial charge in [-0.1, -0.05) is 19.3 Å². The van der Waals surface area contributed by atoms with Crippen LogP contribution in [-0.2, 0) is 24.2 Å². The molecule has 0 bridgehead atoms. The number of amides is 2. The first kappa shape index (κ1) is 37.3. The van der Waals surface area contributed by atoms with Crippen molar-refractivity contribution in [1.82, 2.24) is 15.5 Å². The lowest BCUT2D eigenvalue weighted by Gasteiger charge is -2.21. The van der Waals surface area contributed by atoms with Crippen molar-refractivity contribution >= 4 is 38.5 Å². The Labute approximate surface area is 282 Å². The molecule has 2 amide bonds. The van der Waals surface area contributed by atoms with E-state index in [2.05, 4.69) is 25.4 Å². The summed E-state index contributed by atoms with van der Waals surface area (Å²) in [7, 11) is -4.34. The van der Waals surface area contributed by atoms with Gasteiger partial charge in [0.2, 0.25) is 4.91 Å². The lowest BCUT2D eigenvalue weighted by atomic mass is 9.89. The van der Waals surface area contributed by atoms with E-state index in [1.165, 1.54) is 24.3 Å². The zero-order chi connectivity index (χ0) is 35.1. The molecule has 0 radical (unpaired) electrons. The molecule has 2 aromatic carbocycles. The van der Waals surface area contributed by atoms with Gasteiger partial charge in [0.25, 0.3) is 21.8 Å². The normalized spacial score (nSPS) is 13.5. The number of carbonyl (C=O) groups excluding carboxylic acids is 2. The smallest absolute Gasteiger partial charge is 0.287 e. The fourth-order valence-electron chi connectivity index (χ4n) is 5.15. The molecule has 1 fully saturated rings. The van der Waals surface area contributed by atoms with Gasteiger partial charge in [0, 0.05) is 30.8 Å². The fourth-order valence-corrected chi connectivity index (χ4v) is 6.20. The number of carbonyl (C=O) groups is 2. The van der Waals surface area contributed by atoms with Crippen LogP contribution in [0.15, 0.2) is 61.7 Å². The topological polar surface area (TPSA) is 213 Å². The van der Waals surface area contributed by atoms with Crippen LogP contribution in [-0.4, -0.2) is 79.5 Å². The van der Waals surface area contributed by atoms with Crippen molar-refractivity contribution in [3.63, 3.8) is 0 Å². The van der Waals surface area contributed by atoms with Crippen molar-refractivity contribution in [1.29, 1.82) is 5.53 Å². The summed E-state index contributed by atoms with van der Waals surface area (Å²) in [5, 5.41) is 8.66. The number of halogens is 1. The summed E-state index contributed by atoms with van der Waals surface area (Å²) in [6.45, 7) is 2.91. The third-order valence-corrected chi connectivity index (χ3v) is 9.03. The zero-order valence-electron chi connectivity index (χ0n) is 26.9. The highest BCUT2D eigenvalue weighted by Crippen LogP contribution is 2.27. The van der Waals surface area contributed by atoms with E-state index in [0.29, 0.717) is 52.0 Å². The van der Waals surface area contributed by atoms with Gasteiger partial charge in [-0.15, -0.1) is 0 Å². The molecule has 0 aliphatic heterocycles. The van der Waals surface area contributed by atoms with Gasteiger partial charge in [-0.2, -0.15) is 0 Å². The summed E-state index contributed by atoms with van der Waals surface area (Å²) in [5.41, 5.74) is 5.36. The molecule has 1 heterocycles. The van der Waals surface area contributed by atoms with Crippen LogP contribution >= 0.6 is 0 Å². The highest BCUT2D eigenvalue weighted by atomic mass is 32.2. The van der Waals surface area contributed by atoms with E-state index in [9.17, 15) is 27.2 Å². The third kappa shape index (κ3) is 11.5. The molecular weight excluding hydrogens is 663 g/mol. The second kappa shape index (κ2) is 18.9. The quantitative estimate of drug-likeness (QED) is 0.0817. The second-order valence-electron chi connectivity index (χ2n) is 11.2. The minimum absolute atomic E-state index is 0.192. The highest BCUT2D eigenvalue weighted by Gasteiger charge is 2.22. The van der Waals surface area contributed by atoms with Gasteiger partial charge in [-0.05, 0) is 49.1 Å². The molecule has 0 unspecified atom stereocenters. The van der Waals surface area contributed by atoms with Gasteiger partial charge in [0.15, 0.2) is 16.8 Å². The van der Waals surface area contributed by atoms with Gasteiger partial charge in [-0.25, -0.2) is 12.8 Å². The molecule has 49 heavy (non-hydrogen) atoms. The number of benzene rings is 2. The predicted octanol–water partition coefficient (Wildman–Crippen LogP) is 3.37. The molecule has 4 rings (SSSR count). The Kier molecular flexibility index (Phi) is 14.3. The predicted molar refractivity (Wildman–Crippen MR) is 176 cm³/mol. The summed E-state index contributed by atoms with van der Waals surface area (Å²) < 4.78 is 64.9. The summed E-state index contributed by atoms with van der Waals surface area (Å²) in [6.07, 6.45) is 5.33. The van der Waals surface area contributed by atoms with Crippen LogP contribution in [0.25, 0.3) is 11.0 Å². The number of rotatable bonds is 19. The van der Waals surface area contributed by atoms with Crippen molar-refractivity contribution in [3.8, 4) is 0 Å². The number of fused-ring (bicyclic) bond motifs is 1. The maximum Gasteiger partial charge on any atom is 0.287 e. The number of sulfonamides is 1. The molecule has 3 aromatic rings. The molecule has 0 saturated heterocycles. The van der Waals surface area contributed by atoms with Crippen LogP contribution in [0.1, 0.15) is 53.0 Å². The van der Waals surface area contributed by atoms with Crippen LogP contribution in [0.2, 0.25) is 0 Å². The maximum absolute atomic E-state index is 14.5. The lowest BCUT2D eigenvalue weighted by molar-refractivity contribution is 0.0164. The van der Waals surface area contributed by atoms with Crippen LogP contribution in [0.4, 0.5) is 10.1 Å². The Bertz CT molecular complexity index is 1790. The summed E-state index contributed by atoms with van der Waals surface area (Å²) in [4.78, 5) is 40.8. The minimum Gasteiger partial charge on any atom is -0.448 e. The standard InChI is InChI=1S/C32H39FN6O9S/c33-24-18-26-28(40)20-29(32(42)36-21-22-4-2-1-3-5-22)48-30(26)27(19-24)38-49(43,44)25-8-6-23(7-9-25)31(41)35-10-12-45-14-16-47-17-15-46-13-11-37-39-34/h6-9,18-20,22,34,38H,1-5,10-17,21H2,(H-,35,36,41,42)/p+1. The van der Waals surface area contributed by atoms with Gasteiger partial charge >= 0.3 is 0 Å². The summed E-state index contributed by atoms with van der Waals surface area (Å²) >= 11 is 0. The molecule has 1 aromatic heterocycles. The van der Waals surface area contributed by atoms with Gasteiger partial charge in [-0.3, -0.25) is 19.1 Å². The zero-order valence-corrected chi connectivity index (χ0v) is 27.7. The van der Waals surface area contributed by atoms with E-state index in [-0.39, 0.29) is 46.0 Å². The molecule has 4 N–H and O–H groups in total. The molecule has 1 saturated carbocycles. The van der Waals surface area contributed by atoms with Crippen LogP contribution in [0.5, 0.6) is 0 Å². The van der Waals surface area contributed by atoms with Crippen molar-refractivity contribution < 1.29 is 41.0 Å². The largest absolute Gasteiger partial charge is 0.448 e. The second-order valence-corrected chi connectivity index (χ2v) is 12.9. The third-order valence-electron chi connectivity index (χ3n) is 7.65. The first-order chi connectivity index (χ1) is 23.7. The molecule has 17 heteroatoms. The van der Waals surface area contributed by atoms with Crippen molar-refractivity contribution in [3.05, 3.63) is 69.8 Å². The number of ether oxygens (including phenoxy) is 3. The van der Waals surface area contributed by atoms with Gasteiger partial charge in [0.1, 0.15) is 23.0 Å². The van der Waals surface area contributed by atoms with Crippen molar-refractivity contribution in [2.24, 2.45) is 11.0 Å². The first-order valence-electron chi connectivity index (χ1n) is 15.9. The van der Waals surface area contributed by atoms with E-state index in [0.717, 1.165) is 50.3 Å². The summed E-state index contributed by atoms with van der Waals surface area (Å²) in [6, 6.07) is 7.76. The number of hydrogen-bond acceptors (Lipinski definition) is 11. The van der Waals surface area contributed by atoms with E-state index in [1.807, 2.05) is 0 Å². The number of nitrogens with one attached hydrogen (secondary N) is 4. The molecule has 1 aliphatic rings. The average molecular weight is 704 g/mol. The van der Waals surface area contributed by atoms with Crippen molar-refractivity contribution in [2.75, 3.05) is 64.0 Å². The summed E-state index contributed by atoms with van der Waals surface area (Å²) in [5.74, 6) is -1.96. The lowest BCUT2D eigenvalue weighted by Crippen LogP contribution is -2.30. The van der Waals surface area contributed by atoms with E-state index >= 15 is 0 Å². The SMILES string of the molecule is N=[N+]=NCCOCCOCCOCCNC(=O)c1ccc(S(=O)(=O)Nc2cc(F)cc3c(=O)cc(C(=O)NCC4CCCCC4)oc23)cc1. The molecule has 264 valence electrons. The van der Waals surface area contributed by atoms with E-state index in [4.69, 9.17) is 24.2 Å². The molecular formula is C32H40FN6O9S+. The van der Waals surface area contributed by atoms with Gasteiger partial charge < -0.3 is 29.3 Å². The van der Waals surface area contributed by atoms with E-state index in [1.54, 1.807) is 0 Å². The molecule has 1 aliphatic carbocycles.